The Bertz CT molecular complexity index is 4690. The fourth-order valence-corrected chi connectivity index (χ4v) is 11.5. The minimum absolute atomic E-state index is 0.130. The van der Waals surface area contributed by atoms with E-state index in [1.807, 2.05) is 26.0 Å². The molecule has 42 heteroatoms. The molecule has 0 radical (unpaired) electrons. The number of hydrogen-bond acceptors (Lipinski definition) is 1. The van der Waals surface area contributed by atoms with Crippen molar-refractivity contribution in [1.82, 2.24) is 0 Å². The third-order valence-corrected chi connectivity index (χ3v) is 18.1. The van der Waals surface area contributed by atoms with Crippen LogP contribution in [-0.2, 0) is 3.80 Å². The van der Waals surface area contributed by atoms with E-state index in [1.165, 1.54) is 11.1 Å². The molecule has 10 aromatic carbocycles. The summed E-state index contributed by atoms with van der Waals surface area (Å²) < 4.78 is 521. The number of alkyl halides is 6. The molecule has 0 heterocycles. The smallest absolute Gasteiger partial charge is 0.0184 e. The van der Waals surface area contributed by atoms with E-state index in [4.69, 9.17) is 7.96 Å². The molecule has 0 bridgehead atoms. The second kappa shape index (κ2) is 44.2. The third kappa shape index (κ3) is 23.3. The third-order valence-electron chi connectivity index (χ3n) is 16.7. The molecular weight excluding hydrogens is 1760 g/mol. The summed E-state index contributed by atoms with van der Waals surface area (Å²) in [7, 11) is -1.46. The van der Waals surface area contributed by atoms with Crippen molar-refractivity contribution in [2.24, 2.45) is 0 Å². The van der Waals surface area contributed by atoms with Crippen molar-refractivity contribution < 1.29 is 175 Å². The van der Waals surface area contributed by atoms with Gasteiger partial charge in [0.25, 0.3) is 0 Å². The second-order valence-corrected chi connectivity index (χ2v) is 26.7. The van der Waals surface area contributed by atoms with Crippen LogP contribution in [0.4, 0.5) is 167 Å². The van der Waals surface area contributed by atoms with Gasteiger partial charge < -0.3 is 0 Å². The second-order valence-electron chi connectivity index (χ2n) is 25.0. The van der Waals surface area contributed by atoms with Crippen LogP contribution in [0, 0.1) is 214 Å². The molecule has 0 spiro atoms. The summed E-state index contributed by atoms with van der Waals surface area (Å²) in [4.78, 5) is 0. The molecule has 10 rings (SSSR count). The zero-order chi connectivity index (χ0) is 92.4. The quantitative estimate of drug-likeness (QED) is 0.0232. The van der Waals surface area contributed by atoms with Crippen LogP contribution < -0.4 is 0 Å². The van der Waals surface area contributed by atoms with E-state index in [0.717, 1.165) is 47.0 Å². The van der Waals surface area contributed by atoms with Crippen LogP contribution in [0.25, 0.3) is 55.6 Å². The Kier molecular flexibility index (Phi) is 37.8. The van der Waals surface area contributed by atoms with Crippen LogP contribution in [-0.4, -0.2) is 43.3 Å². The predicted molar refractivity (Wildman–Crippen MR) is 367 cm³/mol. The predicted octanol–water partition coefficient (Wildman–Crippen LogP) is 28.5. The summed E-state index contributed by atoms with van der Waals surface area (Å²) in [5, 5.41) is 0. The van der Waals surface area contributed by atoms with E-state index >= 15 is 0 Å². The first-order valence-electron chi connectivity index (χ1n) is 33.9. The van der Waals surface area contributed by atoms with Crippen LogP contribution in [0.5, 0.6) is 0 Å². The number of hydrogen-bond donors (Lipinski definition) is 1. The average molecular weight is 1820 g/mol. The Morgan fingerprint density at radius 2 is 0.463 bits per heavy atom. The van der Waals surface area contributed by atoms with Crippen LogP contribution in [0.1, 0.15) is 93.9 Å². The topological polar surface area (TPSA) is 37.3 Å². The molecular formula is C79H54AlF38O2P. The van der Waals surface area contributed by atoms with E-state index in [9.17, 15) is 167 Å². The molecule has 0 aliphatic rings. The minimum atomic E-state index is -5.27. The molecule has 1 N–H and O–H groups in total. The van der Waals surface area contributed by atoms with Crippen molar-refractivity contribution in [2.45, 2.75) is 117 Å². The van der Waals surface area contributed by atoms with Gasteiger partial charge in [-0.2, -0.15) is 26.3 Å². The zero-order valence-corrected chi connectivity index (χ0v) is 64.1. The summed E-state index contributed by atoms with van der Waals surface area (Å²) in [5.74, 6) is -79.9. The Hall–Kier alpha value is -9.90. The first kappa shape index (κ1) is 103. The number of unbranched alkanes of at least 4 members (excludes halogenated alkanes) is 6. The summed E-state index contributed by atoms with van der Waals surface area (Å²) in [6.07, 6.45) is 3.04. The SMILES string of the molecule is CCCCCCPC(F)(F)C(F)(F)C(F)(F)CCCCCC.Cc1cc(-c2c(F)c(F)c(F)c(F)c2F)c(F)c(F)c1F.Cc1cc(-c2c(F)c(F)c(F)c(F)c2F)c(F)c(F)c1F.Cc1cc(-c2c(F)c(F)c(F)c(F)c2F)c(F)c(F)c1F.Cc1cc(-c2c(F)c(F)c(F)c(F)c2F)c(F)c(F)c1F.[O]=[Al][OH].c1ccc(-c2ccccc2)cc1. The van der Waals surface area contributed by atoms with Crippen molar-refractivity contribution >= 4 is 24.1 Å². The Morgan fingerprint density at radius 3 is 0.669 bits per heavy atom. The van der Waals surface area contributed by atoms with Crippen LogP contribution in [0.3, 0.4) is 0 Å². The molecule has 0 saturated carbocycles. The van der Waals surface area contributed by atoms with E-state index in [1.54, 1.807) is 0 Å². The monoisotopic (exact) mass is 1810 g/mol. The van der Waals surface area contributed by atoms with Gasteiger partial charge in [-0.3, -0.25) is 0 Å². The van der Waals surface area contributed by atoms with Gasteiger partial charge in [0.15, 0.2) is 163 Å². The number of aryl methyl sites for hydroxylation is 4. The number of benzene rings is 10. The number of halogens is 38. The van der Waals surface area contributed by atoms with Crippen LogP contribution in [0.15, 0.2) is 84.9 Å². The van der Waals surface area contributed by atoms with E-state index in [0.29, 0.717) is 49.9 Å². The van der Waals surface area contributed by atoms with E-state index in [2.05, 4.69) is 48.5 Å². The number of rotatable bonds is 18. The van der Waals surface area contributed by atoms with E-state index < -0.39 is 301 Å². The van der Waals surface area contributed by atoms with Crippen molar-refractivity contribution in [3.8, 4) is 55.6 Å². The molecule has 1 atom stereocenters. The first-order chi connectivity index (χ1) is 56.2. The molecule has 0 saturated heterocycles. The van der Waals surface area contributed by atoms with Gasteiger partial charge in [-0.05, 0) is 113 Å². The molecule has 1 unspecified atom stereocenters. The maximum Gasteiger partial charge on any atom is -0.0184 e. The molecule has 656 valence electrons. The summed E-state index contributed by atoms with van der Waals surface area (Å²) >= 11 is -1.50. The zero-order valence-electron chi connectivity index (χ0n) is 61.9. The Morgan fingerprint density at radius 1 is 0.273 bits per heavy atom. The van der Waals surface area contributed by atoms with Crippen molar-refractivity contribution in [2.75, 3.05) is 6.16 Å². The Labute approximate surface area is 668 Å². The first-order valence-corrected chi connectivity index (χ1v) is 36.1. The van der Waals surface area contributed by atoms with Gasteiger partial charge in [-0.1, -0.05) is 113 Å². The molecule has 0 amide bonds. The molecule has 0 aromatic heterocycles. The largest absolute Gasteiger partial charge is 0.0622 e. The minimum Gasteiger partial charge on any atom is -0.0622 e. The molecule has 0 fully saturated rings. The maximum atomic E-state index is 13.6. The molecule has 0 aliphatic carbocycles. The van der Waals surface area contributed by atoms with Crippen molar-refractivity contribution in [1.29, 1.82) is 0 Å². The average Bonchev–Trinajstić information content (AvgIpc) is 0.776. The van der Waals surface area contributed by atoms with Gasteiger partial charge in [-0.25, -0.2) is 140 Å². The summed E-state index contributed by atoms with van der Waals surface area (Å²) in [6.45, 7) is 7.53. The van der Waals surface area contributed by atoms with Gasteiger partial charge in [0.1, 0.15) is 0 Å². The van der Waals surface area contributed by atoms with Crippen molar-refractivity contribution in [3.05, 3.63) is 293 Å². The van der Waals surface area contributed by atoms with E-state index in [-0.39, 0.29) is 12.6 Å². The molecule has 10 aromatic rings. The van der Waals surface area contributed by atoms with Gasteiger partial charge in [0.05, 0.1) is 22.3 Å². The molecule has 121 heavy (non-hydrogen) atoms. The van der Waals surface area contributed by atoms with Gasteiger partial charge in [0.2, 0.25) is 23.3 Å². The maximum absolute atomic E-state index is 13.6. The van der Waals surface area contributed by atoms with Crippen LogP contribution >= 0.6 is 8.58 Å². The van der Waals surface area contributed by atoms with Gasteiger partial charge in [-0.15, -0.1) is 0 Å². The summed E-state index contributed by atoms with van der Waals surface area (Å²) in [5.41, 5.74) is -16.0. The van der Waals surface area contributed by atoms with Gasteiger partial charge in [0, 0.05) is 28.7 Å². The fourth-order valence-electron chi connectivity index (χ4n) is 10.3. The van der Waals surface area contributed by atoms with Crippen LogP contribution in [0.2, 0.25) is 0 Å². The summed E-state index contributed by atoms with van der Waals surface area (Å²) in [6, 6.07) is 22.6. The Balaban J connectivity index is 0.000000305. The molecule has 0 aliphatic heterocycles. The standard InChI is InChI=1S/C15H27F6P.4C13H4F8.C12H10.Al.H2O.O/c1-3-5-7-9-11-13(16,17)14(18,19)15(20,21)22-12-10-8-6-4-2;4*1-3-2-4(7(15)10(18)6(3)14)5-8(16)11(19)13(21)12(20)9(5)17;1-3-7-11(8-4-1)12-9-5-2-6-10-12;;;/h22H,3-12H2,1-2H3;4*2H,1H3;1-10H;;1H2;/q;;;;;;+1;;/p-1. The molecule has 2 nitrogen and oxygen atoms in total. The fraction of sp³-hybridized carbons (Fsp3) is 0.241. The normalized spacial score (nSPS) is 11.3. The van der Waals surface area contributed by atoms with Crippen molar-refractivity contribution in [3.63, 3.8) is 0 Å². The van der Waals surface area contributed by atoms with Gasteiger partial charge >= 0.3 is 41.0 Å².